The van der Waals surface area contributed by atoms with E-state index in [0.717, 1.165) is 50.8 Å². The van der Waals surface area contributed by atoms with Crippen molar-refractivity contribution in [2.24, 2.45) is 16.8 Å². The summed E-state index contributed by atoms with van der Waals surface area (Å²) in [6.07, 6.45) is 6.53. The van der Waals surface area contributed by atoms with Crippen molar-refractivity contribution >= 4 is 47.4 Å². The molecule has 2 aliphatic rings. The number of aromatic amines is 3. The summed E-state index contributed by atoms with van der Waals surface area (Å²) < 4.78 is 0. The average molecular weight is 599 g/mol. The molecule has 5 rings (SSSR count). The van der Waals surface area contributed by atoms with E-state index in [1.165, 1.54) is 0 Å². The van der Waals surface area contributed by atoms with Crippen molar-refractivity contribution in [1.29, 1.82) is 0 Å². The number of carboxylic acids is 3. The second-order valence-corrected chi connectivity index (χ2v) is 11.7. The van der Waals surface area contributed by atoms with Gasteiger partial charge in [0.25, 0.3) is 0 Å². The van der Waals surface area contributed by atoms with Crippen molar-refractivity contribution in [3.63, 3.8) is 0 Å². The van der Waals surface area contributed by atoms with Crippen molar-refractivity contribution < 1.29 is 29.7 Å². The van der Waals surface area contributed by atoms with Crippen LogP contribution < -0.4 is 10.7 Å². The van der Waals surface area contributed by atoms with Crippen LogP contribution in [0.15, 0.2) is 17.3 Å². The van der Waals surface area contributed by atoms with E-state index in [1.54, 1.807) is 6.92 Å². The van der Waals surface area contributed by atoms with E-state index in [2.05, 4.69) is 41.5 Å². The van der Waals surface area contributed by atoms with E-state index in [0.29, 0.717) is 29.1 Å². The molecule has 5 heterocycles. The number of aliphatic imine (C=N–C) groups is 1. The number of hydrogen-bond donors (Lipinski definition) is 6. The fourth-order valence-electron chi connectivity index (χ4n) is 6.80. The molecule has 0 spiro atoms. The van der Waals surface area contributed by atoms with E-state index in [9.17, 15) is 29.7 Å². The summed E-state index contributed by atoms with van der Waals surface area (Å²) in [5.74, 6) is -3.98. The number of aliphatic carboxylic acids is 2. The molecule has 0 amide bonds. The van der Waals surface area contributed by atoms with Gasteiger partial charge in [-0.15, -0.1) is 0 Å². The third-order valence-electron chi connectivity index (χ3n) is 9.21. The average Bonchev–Trinajstić information content (AvgIpc) is 3.63. The maximum absolute atomic E-state index is 12.7. The molecule has 0 unspecified atom stereocenters. The molecule has 0 saturated carbocycles. The molecule has 8 bridgehead atoms. The maximum atomic E-state index is 12.7. The highest BCUT2D eigenvalue weighted by molar-refractivity contribution is 6.14. The van der Waals surface area contributed by atoms with Gasteiger partial charge >= 0.3 is 17.9 Å². The van der Waals surface area contributed by atoms with Gasteiger partial charge in [0.2, 0.25) is 0 Å². The first-order chi connectivity index (χ1) is 20.9. The van der Waals surface area contributed by atoms with Gasteiger partial charge in [-0.05, 0) is 68.0 Å². The summed E-state index contributed by atoms with van der Waals surface area (Å²) >= 11 is 0. The number of hydrogen-bond acceptors (Lipinski definition) is 4. The Bertz CT molecular complexity index is 1910. The number of rotatable bonds is 8. The van der Waals surface area contributed by atoms with Crippen LogP contribution in [-0.2, 0) is 22.4 Å². The molecule has 2 atom stereocenters. The second-order valence-electron chi connectivity index (χ2n) is 11.7. The molecule has 0 radical (unpaired) electrons. The molecular weight excluding hydrogens is 560 g/mol. The molecule has 3 aromatic rings. The highest BCUT2D eigenvalue weighted by Crippen LogP contribution is 2.42. The highest BCUT2D eigenvalue weighted by atomic mass is 16.4. The topological polar surface area (TPSA) is 172 Å². The lowest BCUT2D eigenvalue weighted by atomic mass is 9.84. The van der Waals surface area contributed by atoms with Crippen LogP contribution in [0, 0.1) is 32.6 Å². The van der Waals surface area contributed by atoms with E-state index in [1.807, 2.05) is 26.0 Å². The van der Waals surface area contributed by atoms with Crippen LogP contribution in [0.25, 0.3) is 23.8 Å². The fraction of sp³-hybridized carbons (Fsp3) is 0.353. The van der Waals surface area contributed by atoms with Gasteiger partial charge in [-0.2, -0.15) is 0 Å². The van der Waals surface area contributed by atoms with Gasteiger partial charge in [-0.3, -0.25) is 14.6 Å². The lowest BCUT2D eigenvalue weighted by Crippen LogP contribution is -2.19. The summed E-state index contributed by atoms with van der Waals surface area (Å²) in [7, 11) is 0. The lowest BCUT2D eigenvalue weighted by Gasteiger charge is -2.19. The molecule has 3 aromatic heterocycles. The zero-order valence-electron chi connectivity index (χ0n) is 25.6. The van der Waals surface area contributed by atoms with E-state index >= 15 is 0 Å². The molecule has 44 heavy (non-hydrogen) atoms. The van der Waals surface area contributed by atoms with Gasteiger partial charge in [0.1, 0.15) is 0 Å². The number of fused-ring (bicyclic) bond motifs is 7. The smallest absolute Gasteiger partial charge is 0.338 e. The number of nitrogens with one attached hydrogen (secondary N) is 3. The standard InChI is InChI=1S/C34H38N4O6/c1-7-19-15(3)23-12-25-17(5)21(9-10-29(39)40)32(37-25)22(11-30(41)42)33-31(34(43)44)18(6)26(38-33)14-28-20(8-2)16(4)24(36-28)13-27(19)35-23/h7,12-13,17,21,35-36,38H,1,8-11,14H2,2-6H3,(H,39,40)(H,41,42)(H,43,44)/t17-,21-/m0/s1. The SMILES string of the molecule is C=Cc1c(C)c2[nH]c1=Cc1[nH]c(c(CC)c1C)Cc1[nH]c(c(C(=O)O)c1C)C(CC(=O)O)=C1N=C(C=2)[C@@H](C)[C@@H]1CCC(=O)O. The summed E-state index contributed by atoms with van der Waals surface area (Å²) in [4.78, 5) is 52.0. The van der Waals surface area contributed by atoms with Gasteiger partial charge < -0.3 is 30.3 Å². The Morgan fingerprint density at radius 1 is 0.977 bits per heavy atom. The zero-order valence-corrected chi connectivity index (χ0v) is 25.6. The minimum absolute atomic E-state index is 0.00139. The third kappa shape index (κ3) is 5.25. The monoisotopic (exact) mass is 598 g/mol. The summed E-state index contributed by atoms with van der Waals surface area (Å²) in [6.45, 7) is 13.8. The summed E-state index contributed by atoms with van der Waals surface area (Å²) in [5, 5.41) is 31.6. The Kier molecular flexibility index (Phi) is 8.11. The number of carboxylic acid groups (broad SMARTS) is 3. The van der Waals surface area contributed by atoms with Gasteiger partial charge in [0, 0.05) is 69.3 Å². The molecule has 2 aliphatic heterocycles. The summed E-state index contributed by atoms with van der Waals surface area (Å²) in [5.41, 5.74) is 8.68. The fourth-order valence-corrected chi connectivity index (χ4v) is 6.80. The zero-order chi connectivity index (χ0) is 32.0. The Labute approximate surface area is 254 Å². The second kappa shape index (κ2) is 11.7. The first kappa shape index (κ1) is 30.6. The maximum Gasteiger partial charge on any atom is 0.338 e. The quantitative estimate of drug-likeness (QED) is 0.223. The number of carbonyl (C=O) groups is 3. The lowest BCUT2D eigenvalue weighted by molar-refractivity contribution is -0.137. The number of allylic oxidation sites excluding steroid dienone is 1. The van der Waals surface area contributed by atoms with Crippen molar-refractivity contribution in [2.75, 3.05) is 0 Å². The molecule has 10 nitrogen and oxygen atoms in total. The van der Waals surface area contributed by atoms with Gasteiger partial charge in [0.15, 0.2) is 0 Å². The van der Waals surface area contributed by atoms with Gasteiger partial charge in [-0.1, -0.05) is 26.5 Å². The Morgan fingerprint density at radius 2 is 1.70 bits per heavy atom. The Balaban J connectivity index is 1.92. The third-order valence-corrected chi connectivity index (χ3v) is 9.21. The van der Waals surface area contributed by atoms with Crippen molar-refractivity contribution in [1.82, 2.24) is 15.0 Å². The van der Waals surface area contributed by atoms with Crippen LogP contribution in [0.3, 0.4) is 0 Å². The van der Waals surface area contributed by atoms with Crippen LogP contribution >= 0.6 is 0 Å². The Morgan fingerprint density at radius 3 is 2.32 bits per heavy atom. The van der Waals surface area contributed by atoms with Crippen LogP contribution in [0.5, 0.6) is 0 Å². The Hall–Kier alpha value is -4.86. The predicted molar refractivity (Wildman–Crippen MR) is 169 cm³/mol. The highest BCUT2D eigenvalue weighted by Gasteiger charge is 2.36. The largest absolute Gasteiger partial charge is 0.481 e. The van der Waals surface area contributed by atoms with Crippen LogP contribution in [-0.4, -0.2) is 53.9 Å². The molecule has 6 N–H and O–H groups in total. The molecule has 0 saturated heterocycles. The molecule has 0 aromatic carbocycles. The van der Waals surface area contributed by atoms with Crippen LogP contribution in [0.1, 0.15) is 94.1 Å². The minimum Gasteiger partial charge on any atom is -0.481 e. The van der Waals surface area contributed by atoms with Crippen molar-refractivity contribution in [2.45, 2.75) is 66.7 Å². The van der Waals surface area contributed by atoms with Gasteiger partial charge in [0.05, 0.1) is 23.4 Å². The van der Waals surface area contributed by atoms with Crippen molar-refractivity contribution in [3.05, 3.63) is 79.1 Å². The first-order valence-corrected chi connectivity index (χ1v) is 14.8. The number of nitrogens with zero attached hydrogens (tertiary/aromatic N) is 1. The molecule has 230 valence electrons. The summed E-state index contributed by atoms with van der Waals surface area (Å²) in [6, 6.07) is 0. The molecule has 0 aliphatic carbocycles. The van der Waals surface area contributed by atoms with E-state index in [-0.39, 0.29) is 35.6 Å². The van der Waals surface area contributed by atoms with Crippen molar-refractivity contribution in [3.8, 4) is 0 Å². The predicted octanol–water partition coefficient (Wildman–Crippen LogP) is 4.47. The molecule has 10 heteroatoms. The number of aromatic carboxylic acids is 1. The van der Waals surface area contributed by atoms with Crippen LogP contribution in [0.4, 0.5) is 0 Å². The molecule has 0 fully saturated rings. The van der Waals surface area contributed by atoms with Gasteiger partial charge in [-0.25, -0.2) is 4.79 Å². The van der Waals surface area contributed by atoms with E-state index < -0.39 is 30.2 Å². The van der Waals surface area contributed by atoms with E-state index in [4.69, 9.17) is 4.99 Å². The number of H-pyrrole nitrogens is 3. The molecular formula is C34H38N4O6. The number of aromatic nitrogens is 3. The minimum atomic E-state index is -1.18. The first-order valence-electron chi connectivity index (χ1n) is 14.8. The van der Waals surface area contributed by atoms with Crippen LogP contribution in [0.2, 0.25) is 0 Å². The normalized spacial score (nSPS) is 17.6.